The lowest BCUT2D eigenvalue weighted by atomic mass is 10.1. The number of anilines is 1. The molecule has 0 fully saturated rings. The summed E-state index contributed by atoms with van der Waals surface area (Å²) in [5, 5.41) is 12.0. The fourth-order valence-electron chi connectivity index (χ4n) is 1.14. The molecule has 0 atom stereocenters. The van der Waals surface area contributed by atoms with Gasteiger partial charge in [0.25, 0.3) is 5.91 Å². The van der Waals surface area contributed by atoms with Gasteiger partial charge in [0.15, 0.2) is 5.75 Å². The maximum atomic E-state index is 11.3. The van der Waals surface area contributed by atoms with E-state index >= 15 is 0 Å². The van der Waals surface area contributed by atoms with Crippen molar-refractivity contribution in [1.82, 2.24) is 5.32 Å². The fourth-order valence-corrected chi connectivity index (χ4v) is 1.71. The second-order valence-electron chi connectivity index (χ2n) is 3.16. The van der Waals surface area contributed by atoms with Gasteiger partial charge in [-0.25, -0.2) is 8.42 Å². The van der Waals surface area contributed by atoms with Gasteiger partial charge in [-0.1, -0.05) is 6.07 Å². The number of amides is 1. The van der Waals surface area contributed by atoms with Gasteiger partial charge in [-0.2, -0.15) is 0 Å². The van der Waals surface area contributed by atoms with Gasteiger partial charge < -0.3 is 10.4 Å². The van der Waals surface area contributed by atoms with E-state index in [9.17, 15) is 18.3 Å². The Morgan fingerprint density at radius 3 is 2.50 bits per heavy atom. The lowest BCUT2D eigenvalue weighted by Gasteiger charge is -2.09. The van der Waals surface area contributed by atoms with E-state index in [-0.39, 0.29) is 11.3 Å². The molecule has 3 N–H and O–H groups in total. The Balaban J connectivity index is 3.19. The first kappa shape index (κ1) is 12.3. The summed E-state index contributed by atoms with van der Waals surface area (Å²) in [5.41, 5.74) is -0.0141. The molecule has 1 aromatic rings. The van der Waals surface area contributed by atoms with Gasteiger partial charge in [-0.3, -0.25) is 9.52 Å². The molecule has 1 rings (SSSR count). The van der Waals surface area contributed by atoms with E-state index in [1.165, 1.54) is 25.2 Å². The van der Waals surface area contributed by atoms with Crippen molar-refractivity contribution in [2.75, 3.05) is 18.0 Å². The molecule has 0 heterocycles. The molecule has 7 heteroatoms. The minimum absolute atomic E-state index is 0.0103. The normalized spacial score (nSPS) is 10.9. The number of hydrogen-bond acceptors (Lipinski definition) is 4. The number of phenols is 1. The summed E-state index contributed by atoms with van der Waals surface area (Å²) in [6, 6.07) is 4.22. The summed E-state index contributed by atoms with van der Waals surface area (Å²) in [6.07, 6.45) is 0.957. The van der Waals surface area contributed by atoms with Crippen LogP contribution < -0.4 is 10.0 Å². The van der Waals surface area contributed by atoms with Gasteiger partial charge in [-0.05, 0) is 12.1 Å². The first-order valence-electron chi connectivity index (χ1n) is 4.37. The van der Waals surface area contributed by atoms with Crippen LogP contribution in [0, 0.1) is 0 Å². The van der Waals surface area contributed by atoms with Gasteiger partial charge in [0.05, 0.1) is 17.5 Å². The maximum Gasteiger partial charge on any atom is 0.254 e. The molecule has 0 radical (unpaired) electrons. The van der Waals surface area contributed by atoms with E-state index in [1.807, 2.05) is 0 Å². The third-order valence-corrected chi connectivity index (χ3v) is 2.39. The predicted molar refractivity (Wildman–Crippen MR) is 60.0 cm³/mol. The van der Waals surface area contributed by atoms with Crippen LogP contribution in [0.4, 0.5) is 5.69 Å². The first-order chi connectivity index (χ1) is 7.35. The van der Waals surface area contributed by atoms with Gasteiger partial charge >= 0.3 is 0 Å². The molecule has 0 unspecified atom stereocenters. The molecule has 0 bridgehead atoms. The minimum Gasteiger partial charge on any atom is -0.505 e. The second kappa shape index (κ2) is 4.40. The van der Waals surface area contributed by atoms with E-state index in [4.69, 9.17) is 0 Å². The molecular formula is C9H12N2O4S. The van der Waals surface area contributed by atoms with Crippen LogP contribution in [0.15, 0.2) is 18.2 Å². The van der Waals surface area contributed by atoms with E-state index in [2.05, 4.69) is 10.0 Å². The van der Waals surface area contributed by atoms with E-state index in [0.29, 0.717) is 0 Å². The molecule has 0 aliphatic rings. The molecule has 88 valence electrons. The van der Waals surface area contributed by atoms with Crippen LogP contribution in [0.3, 0.4) is 0 Å². The highest BCUT2D eigenvalue weighted by atomic mass is 32.2. The molecule has 0 saturated carbocycles. The van der Waals surface area contributed by atoms with Gasteiger partial charge in [-0.15, -0.1) is 0 Å². The maximum absolute atomic E-state index is 11.3. The Hall–Kier alpha value is -1.76. The Kier molecular flexibility index (Phi) is 3.38. The summed E-state index contributed by atoms with van der Waals surface area (Å²) in [4.78, 5) is 11.3. The average Bonchev–Trinajstić information content (AvgIpc) is 2.18. The number of nitrogens with one attached hydrogen (secondary N) is 2. The Labute approximate surface area is 93.3 Å². The van der Waals surface area contributed by atoms with E-state index in [0.717, 1.165) is 6.26 Å². The Morgan fingerprint density at radius 2 is 2.00 bits per heavy atom. The molecule has 0 aliphatic carbocycles. The summed E-state index contributed by atoms with van der Waals surface area (Å²) >= 11 is 0. The quantitative estimate of drug-likeness (QED) is 0.658. The molecule has 16 heavy (non-hydrogen) atoms. The molecule has 1 aromatic carbocycles. The van der Waals surface area contributed by atoms with Crippen LogP contribution in [0.1, 0.15) is 10.4 Å². The topological polar surface area (TPSA) is 95.5 Å². The van der Waals surface area contributed by atoms with Crippen molar-refractivity contribution in [3.05, 3.63) is 23.8 Å². The zero-order valence-corrected chi connectivity index (χ0v) is 9.63. The summed E-state index contributed by atoms with van der Waals surface area (Å²) in [6.45, 7) is 0. The van der Waals surface area contributed by atoms with Gasteiger partial charge in [0.1, 0.15) is 0 Å². The number of para-hydroxylation sites is 1. The van der Waals surface area contributed by atoms with Crippen molar-refractivity contribution < 1.29 is 18.3 Å². The van der Waals surface area contributed by atoms with Crippen LogP contribution in [-0.2, 0) is 10.0 Å². The van der Waals surface area contributed by atoms with Crippen molar-refractivity contribution >= 4 is 21.6 Å². The molecule has 0 saturated heterocycles. The van der Waals surface area contributed by atoms with Crippen LogP contribution in [0.25, 0.3) is 0 Å². The molecule has 1 amide bonds. The molecule has 0 spiro atoms. The average molecular weight is 244 g/mol. The molecule has 0 aromatic heterocycles. The number of carbonyl (C=O) groups is 1. The summed E-state index contributed by atoms with van der Waals surface area (Å²) in [5.74, 6) is -0.887. The number of hydrogen-bond donors (Lipinski definition) is 3. The highest BCUT2D eigenvalue weighted by molar-refractivity contribution is 7.92. The lowest BCUT2D eigenvalue weighted by Crippen LogP contribution is -2.18. The largest absolute Gasteiger partial charge is 0.505 e. The third kappa shape index (κ3) is 2.86. The number of rotatable bonds is 3. The summed E-state index contributed by atoms with van der Waals surface area (Å²) in [7, 11) is -2.08. The van der Waals surface area contributed by atoms with E-state index < -0.39 is 21.7 Å². The lowest BCUT2D eigenvalue weighted by molar-refractivity contribution is 0.0960. The Bertz CT molecular complexity index is 510. The minimum atomic E-state index is -3.49. The fraction of sp³-hybridized carbons (Fsp3) is 0.222. The smallest absolute Gasteiger partial charge is 0.254 e. The highest BCUT2D eigenvalue weighted by Crippen LogP contribution is 2.27. The highest BCUT2D eigenvalue weighted by Gasteiger charge is 2.14. The zero-order valence-electron chi connectivity index (χ0n) is 8.81. The van der Waals surface area contributed by atoms with Gasteiger partial charge in [0, 0.05) is 7.05 Å². The van der Waals surface area contributed by atoms with Crippen molar-refractivity contribution in [2.24, 2.45) is 0 Å². The Morgan fingerprint density at radius 1 is 1.38 bits per heavy atom. The number of phenolic OH excluding ortho intramolecular Hbond substituents is 1. The number of aromatic hydroxyl groups is 1. The van der Waals surface area contributed by atoms with E-state index in [1.54, 1.807) is 0 Å². The number of carbonyl (C=O) groups excluding carboxylic acids is 1. The zero-order chi connectivity index (χ0) is 12.3. The van der Waals surface area contributed by atoms with Crippen molar-refractivity contribution in [1.29, 1.82) is 0 Å². The number of sulfonamides is 1. The third-order valence-electron chi connectivity index (χ3n) is 1.80. The van der Waals surface area contributed by atoms with Crippen LogP contribution in [-0.4, -0.2) is 32.7 Å². The van der Waals surface area contributed by atoms with Crippen LogP contribution >= 0.6 is 0 Å². The molecular weight excluding hydrogens is 232 g/mol. The monoisotopic (exact) mass is 244 g/mol. The standard InChI is InChI=1S/C9H12N2O4S/c1-10-9(13)6-4-3-5-7(8(6)12)11-16(2,14)15/h3-5,11-12H,1-2H3,(H,10,13). The van der Waals surface area contributed by atoms with Crippen molar-refractivity contribution in [3.63, 3.8) is 0 Å². The van der Waals surface area contributed by atoms with Crippen molar-refractivity contribution in [3.8, 4) is 5.75 Å². The molecule has 6 nitrogen and oxygen atoms in total. The summed E-state index contributed by atoms with van der Waals surface area (Å²) < 4.78 is 24.1. The van der Waals surface area contributed by atoms with Gasteiger partial charge in [0.2, 0.25) is 10.0 Å². The SMILES string of the molecule is CNC(=O)c1cccc(NS(C)(=O)=O)c1O. The second-order valence-corrected chi connectivity index (χ2v) is 4.90. The van der Waals surface area contributed by atoms with Crippen LogP contribution in [0.5, 0.6) is 5.75 Å². The number of benzene rings is 1. The molecule has 0 aliphatic heterocycles. The predicted octanol–water partition coefficient (Wildman–Crippen LogP) is 0.123. The van der Waals surface area contributed by atoms with Crippen LogP contribution in [0.2, 0.25) is 0 Å². The first-order valence-corrected chi connectivity index (χ1v) is 6.26. The van der Waals surface area contributed by atoms with Crippen molar-refractivity contribution in [2.45, 2.75) is 0 Å².